The third kappa shape index (κ3) is 5.99. The fraction of sp³-hybridized carbons (Fsp3) is 0.333. The van der Waals surface area contributed by atoms with Crippen LogP contribution in [0.2, 0.25) is 0 Å². The molecule has 2 aromatic carbocycles. The number of nitrogens with one attached hydrogen (secondary N) is 1. The van der Waals surface area contributed by atoms with Crippen LogP contribution in [-0.2, 0) is 17.8 Å². The van der Waals surface area contributed by atoms with Gasteiger partial charge in [-0.1, -0.05) is 84.0 Å². The van der Waals surface area contributed by atoms with Crippen molar-refractivity contribution in [3.63, 3.8) is 0 Å². The first-order chi connectivity index (χ1) is 15.3. The largest absolute Gasteiger partial charge is 0.337 e. The third-order valence-corrected chi connectivity index (χ3v) is 6.90. The van der Waals surface area contributed by atoms with Crippen molar-refractivity contribution in [3.05, 3.63) is 64.6 Å². The van der Waals surface area contributed by atoms with Crippen LogP contribution in [0.3, 0.4) is 0 Å². The van der Waals surface area contributed by atoms with E-state index in [1.54, 1.807) is 6.92 Å². The quantitative estimate of drug-likeness (QED) is 0.404. The van der Waals surface area contributed by atoms with Crippen molar-refractivity contribution >= 4 is 33.6 Å². The lowest BCUT2D eigenvalue weighted by Gasteiger charge is -2.27. The van der Waals surface area contributed by atoms with Crippen LogP contribution in [-0.4, -0.2) is 32.0 Å². The Morgan fingerprint density at radius 3 is 2.50 bits per heavy atom. The lowest BCUT2D eigenvalue weighted by Crippen LogP contribution is -2.49. The maximum atomic E-state index is 12.6. The first-order valence-electron chi connectivity index (χ1n) is 10.4. The highest BCUT2D eigenvalue weighted by atomic mass is 79.9. The number of amides is 1. The van der Waals surface area contributed by atoms with Crippen LogP contribution in [0.25, 0.3) is 11.4 Å². The lowest BCUT2D eigenvalue weighted by molar-refractivity contribution is -0.120. The molecule has 1 amide bonds. The number of benzene rings is 2. The van der Waals surface area contributed by atoms with Crippen LogP contribution < -0.4 is 5.32 Å². The van der Waals surface area contributed by atoms with Crippen LogP contribution in [0, 0.1) is 17.2 Å². The summed E-state index contributed by atoms with van der Waals surface area (Å²) in [5.41, 5.74) is 1.28. The van der Waals surface area contributed by atoms with E-state index >= 15 is 0 Å². The van der Waals surface area contributed by atoms with Crippen molar-refractivity contribution in [2.75, 3.05) is 5.75 Å². The maximum absolute atomic E-state index is 12.6. The fourth-order valence-corrected chi connectivity index (χ4v) is 4.08. The zero-order chi connectivity index (χ0) is 23.1. The Hall–Kier alpha value is -2.63. The van der Waals surface area contributed by atoms with Gasteiger partial charge in [0.1, 0.15) is 5.54 Å². The molecule has 1 atom stereocenters. The highest BCUT2D eigenvalue weighted by Crippen LogP contribution is 2.26. The molecule has 0 aliphatic carbocycles. The van der Waals surface area contributed by atoms with Crippen LogP contribution in [0.1, 0.15) is 26.3 Å². The van der Waals surface area contributed by atoms with Gasteiger partial charge in [-0.3, -0.25) is 4.79 Å². The second kappa shape index (κ2) is 10.8. The van der Waals surface area contributed by atoms with Crippen LogP contribution in [0.5, 0.6) is 0 Å². The van der Waals surface area contributed by atoms with E-state index in [2.05, 4.69) is 54.2 Å². The number of hydrogen-bond donors (Lipinski definition) is 1. The number of nitrogens with zero attached hydrogens (tertiary/aromatic N) is 4. The molecule has 6 nitrogen and oxygen atoms in total. The number of rotatable bonds is 9. The number of nitriles is 1. The van der Waals surface area contributed by atoms with E-state index in [-0.39, 0.29) is 17.6 Å². The van der Waals surface area contributed by atoms with Crippen molar-refractivity contribution in [3.8, 4) is 17.5 Å². The minimum atomic E-state index is -0.902. The lowest BCUT2D eigenvalue weighted by atomic mass is 9.90. The number of hydrogen-bond acceptors (Lipinski definition) is 5. The van der Waals surface area contributed by atoms with Crippen molar-refractivity contribution in [2.45, 2.75) is 44.4 Å². The second-order valence-corrected chi connectivity index (χ2v) is 9.86. The Kier molecular flexibility index (Phi) is 8.10. The first-order valence-corrected chi connectivity index (χ1v) is 12.2. The molecule has 0 radical (unpaired) electrons. The normalized spacial score (nSPS) is 12.9. The summed E-state index contributed by atoms with van der Waals surface area (Å²) in [5, 5.41) is 21.8. The summed E-state index contributed by atoms with van der Waals surface area (Å²) in [5.74, 6) is 0.726. The molecule has 1 unspecified atom stereocenters. The van der Waals surface area contributed by atoms with Gasteiger partial charge in [0.15, 0.2) is 11.0 Å². The van der Waals surface area contributed by atoms with Crippen molar-refractivity contribution in [2.24, 2.45) is 5.92 Å². The van der Waals surface area contributed by atoms with E-state index in [1.807, 2.05) is 56.3 Å². The van der Waals surface area contributed by atoms with Gasteiger partial charge in [0.2, 0.25) is 5.91 Å². The van der Waals surface area contributed by atoms with Gasteiger partial charge >= 0.3 is 0 Å². The van der Waals surface area contributed by atoms with E-state index in [0.29, 0.717) is 11.7 Å². The maximum Gasteiger partial charge on any atom is 0.231 e. The fourth-order valence-electron chi connectivity index (χ4n) is 3.05. The van der Waals surface area contributed by atoms with Crippen molar-refractivity contribution in [1.82, 2.24) is 20.1 Å². The molecule has 0 spiro atoms. The Labute approximate surface area is 201 Å². The number of halogens is 1. The molecule has 8 heteroatoms. The molecule has 0 saturated heterocycles. The van der Waals surface area contributed by atoms with Crippen LogP contribution in [0.15, 0.2) is 64.2 Å². The smallest absolute Gasteiger partial charge is 0.231 e. The Morgan fingerprint density at radius 2 is 1.88 bits per heavy atom. The highest BCUT2D eigenvalue weighted by molar-refractivity contribution is 9.10. The van der Waals surface area contributed by atoms with Gasteiger partial charge in [-0.05, 0) is 37.0 Å². The minimum absolute atomic E-state index is 0.0000161. The molecule has 3 aromatic rings. The van der Waals surface area contributed by atoms with E-state index in [1.165, 1.54) is 17.3 Å². The molecule has 1 heterocycles. The third-order valence-electron chi connectivity index (χ3n) is 5.40. The van der Waals surface area contributed by atoms with Gasteiger partial charge < -0.3 is 9.88 Å². The zero-order valence-corrected chi connectivity index (χ0v) is 20.8. The Bertz CT molecular complexity index is 1090. The monoisotopic (exact) mass is 511 g/mol. The highest BCUT2D eigenvalue weighted by Gasteiger charge is 2.30. The van der Waals surface area contributed by atoms with Gasteiger partial charge in [-0.15, -0.1) is 10.2 Å². The molecule has 32 heavy (non-hydrogen) atoms. The predicted octanol–water partition coefficient (Wildman–Crippen LogP) is 5.10. The van der Waals surface area contributed by atoms with Gasteiger partial charge in [0.05, 0.1) is 11.8 Å². The molecular weight excluding hydrogens is 486 g/mol. The summed E-state index contributed by atoms with van der Waals surface area (Å²) in [4.78, 5) is 12.6. The summed E-state index contributed by atoms with van der Waals surface area (Å²) in [6.45, 7) is 6.27. The van der Waals surface area contributed by atoms with Gasteiger partial charge in [0.25, 0.3) is 0 Å². The topological polar surface area (TPSA) is 83.6 Å². The number of carbonyl (C=O) groups excluding carboxylic acids is 1. The molecule has 0 aliphatic rings. The Balaban J connectivity index is 1.79. The number of thioether (sulfide) groups is 1. The van der Waals surface area contributed by atoms with Crippen LogP contribution >= 0.6 is 27.7 Å². The summed E-state index contributed by atoms with van der Waals surface area (Å²) < 4.78 is 3.05. The van der Waals surface area contributed by atoms with Crippen molar-refractivity contribution < 1.29 is 4.79 Å². The number of carbonyl (C=O) groups is 1. The molecular formula is C24H26BrN5OS. The molecule has 3 rings (SSSR count). The first kappa shape index (κ1) is 24.0. The SMILES string of the molecule is CC(C)C(C)(C#N)NC(=O)CSc1nnc(-c2ccc(Br)cc2)n1CCc1ccccc1. The minimum Gasteiger partial charge on any atom is -0.337 e. The van der Waals surface area contributed by atoms with Gasteiger partial charge in [-0.2, -0.15) is 5.26 Å². The predicted molar refractivity (Wildman–Crippen MR) is 131 cm³/mol. The van der Waals surface area contributed by atoms with E-state index < -0.39 is 5.54 Å². The molecule has 0 saturated carbocycles. The zero-order valence-electron chi connectivity index (χ0n) is 18.4. The molecule has 0 bridgehead atoms. The summed E-state index contributed by atoms with van der Waals surface area (Å²) in [6.07, 6.45) is 0.821. The summed E-state index contributed by atoms with van der Waals surface area (Å²) >= 11 is 4.80. The molecule has 0 aliphatic heterocycles. The average molecular weight is 512 g/mol. The van der Waals surface area contributed by atoms with Gasteiger partial charge in [-0.25, -0.2) is 0 Å². The summed E-state index contributed by atoms with van der Waals surface area (Å²) in [6, 6.07) is 20.4. The van der Waals surface area contributed by atoms with E-state index in [9.17, 15) is 10.1 Å². The van der Waals surface area contributed by atoms with Crippen molar-refractivity contribution in [1.29, 1.82) is 5.26 Å². The Morgan fingerprint density at radius 1 is 1.19 bits per heavy atom. The van der Waals surface area contributed by atoms with Crippen LogP contribution in [0.4, 0.5) is 0 Å². The molecule has 166 valence electrons. The van der Waals surface area contributed by atoms with E-state index in [0.717, 1.165) is 22.3 Å². The molecule has 0 fully saturated rings. The second-order valence-electron chi connectivity index (χ2n) is 8.01. The number of aryl methyl sites for hydroxylation is 1. The standard InChI is InChI=1S/C24H26BrN5OS/c1-17(2)24(3,16-26)27-21(31)15-32-23-29-28-22(19-9-11-20(25)12-10-19)30(23)14-13-18-7-5-4-6-8-18/h4-12,17H,13-15H2,1-3H3,(H,27,31). The molecule has 1 aromatic heterocycles. The van der Waals surface area contributed by atoms with Gasteiger partial charge in [0, 0.05) is 16.6 Å². The molecule has 1 N–H and O–H groups in total. The number of aromatic nitrogens is 3. The summed E-state index contributed by atoms with van der Waals surface area (Å²) in [7, 11) is 0. The average Bonchev–Trinajstić information content (AvgIpc) is 3.20. The van der Waals surface area contributed by atoms with E-state index in [4.69, 9.17) is 0 Å².